The molecule has 0 amide bonds. The van der Waals surface area contributed by atoms with Gasteiger partial charge in [0.2, 0.25) is 0 Å². The molecular weight excluding hydrogens is 342 g/mol. The molecule has 1 fully saturated rings. The van der Waals surface area contributed by atoms with Gasteiger partial charge in [-0.1, -0.05) is 6.07 Å². The van der Waals surface area contributed by atoms with Crippen molar-refractivity contribution < 1.29 is 0 Å². The minimum Gasteiger partial charge on any atom is -0.355 e. The van der Waals surface area contributed by atoms with E-state index in [9.17, 15) is 0 Å². The summed E-state index contributed by atoms with van der Waals surface area (Å²) in [4.78, 5) is 12.6. The van der Waals surface area contributed by atoms with Crippen molar-refractivity contribution in [3.05, 3.63) is 54.2 Å². The summed E-state index contributed by atoms with van der Waals surface area (Å²) in [6.45, 7) is 2.16. The average molecular weight is 361 g/mol. The molecule has 0 saturated carbocycles. The molecule has 0 N–H and O–H groups in total. The summed E-state index contributed by atoms with van der Waals surface area (Å²) in [6.07, 6.45) is 7.43. The zero-order valence-corrected chi connectivity index (χ0v) is 15.2. The number of hydrogen-bond donors (Lipinski definition) is 0. The molecule has 0 unspecified atom stereocenters. The van der Waals surface area contributed by atoms with Crippen LogP contribution in [0, 0.1) is 0 Å². The molecule has 0 aromatic carbocycles. The van der Waals surface area contributed by atoms with Crippen LogP contribution in [0.1, 0.15) is 19.3 Å². The van der Waals surface area contributed by atoms with Crippen molar-refractivity contribution in [1.29, 1.82) is 0 Å². The highest BCUT2D eigenvalue weighted by atomic mass is 32.1. The first-order chi connectivity index (χ1) is 12.9. The Labute approximate surface area is 156 Å². The Kier molecular flexibility index (Phi) is 3.90. The van der Waals surface area contributed by atoms with E-state index in [4.69, 9.17) is 10.1 Å². The SMILES string of the molecule is c1csc(-c2nc3ccc(N4CCCCC4)nn3c2-c2ccncc2)c1. The number of hydrogen-bond acceptors (Lipinski definition) is 5. The fourth-order valence-corrected chi connectivity index (χ4v) is 4.28. The standard InChI is InChI=1S/C20H19N5S/c1-2-12-24(13-3-1)18-7-6-17-22-19(16-5-4-14-26-16)20(25(17)23-18)15-8-10-21-11-9-15/h4-11,14H,1-3,12-13H2. The van der Waals surface area contributed by atoms with Gasteiger partial charge in [0.05, 0.1) is 4.88 Å². The lowest BCUT2D eigenvalue weighted by Gasteiger charge is -2.27. The number of rotatable bonds is 3. The summed E-state index contributed by atoms with van der Waals surface area (Å²) in [6, 6.07) is 12.4. The van der Waals surface area contributed by atoms with Gasteiger partial charge >= 0.3 is 0 Å². The average Bonchev–Trinajstić information content (AvgIpc) is 3.36. The van der Waals surface area contributed by atoms with Crippen LogP contribution in [0.4, 0.5) is 5.82 Å². The molecule has 26 heavy (non-hydrogen) atoms. The van der Waals surface area contributed by atoms with Gasteiger partial charge in [0.15, 0.2) is 5.65 Å². The van der Waals surface area contributed by atoms with E-state index in [1.807, 2.05) is 29.0 Å². The van der Waals surface area contributed by atoms with Crippen LogP contribution in [0.5, 0.6) is 0 Å². The molecule has 5 heterocycles. The minimum absolute atomic E-state index is 0.876. The Hall–Kier alpha value is -2.73. The van der Waals surface area contributed by atoms with Gasteiger partial charge in [-0.25, -0.2) is 9.50 Å². The first-order valence-electron chi connectivity index (χ1n) is 8.99. The minimum atomic E-state index is 0.876. The Bertz CT molecular complexity index is 1020. The first-order valence-corrected chi connectivity index (χ1v) is 9.87. The maximum absolute atomic E-state index is 4.97. The van der Waals surface area contributed by atoms with Crippen molar-refractivity contribution in [1.82, 2.24) is 19.6 Å². The first kappa shape index (κ1) is 15.5. The van der Waals surface area contributed by atoms with E-state index >= 15 is 0 Å². The molecule has 4 aromatic rings. The molecule has 0 bridgehead atoms. The highest BCUT2D eigenvalue weighted by Gasteiger charge is 2.19. The summed E-state index contributed by atoms with van der Waals surface area (Å²) >= 11 is 1.70. The fourth-order valence-electron chi connectivity index (χ4n) is 3.57. The Balaban J connectivity index is 1.72. The van der Waals surface area contributed by atoms with Gasteiger partial charge in [0.1, 0.15) is 17.2 Å². The molecule has 5 nitrogen and oxygen atoms in total. The van der Waals surface area contributed by atoms with E-state index in [0.29, 0.717) is 0 Å². The van der Waals surface area contributed by atoms with Crippen LogP contribution in [0.15, 0.2) is 54.2 Å². The summed E-state index contributed by atoms with van der Waals surface area (Å²) in [5, 5.41) is 7.06. The van der Waals surface area contributed by atoms with E-state index in [0.717, 1.165) is 46.4 Å². The van der Waals surface area contributed by atoms with Crippen LogP contribution in [0.3, 0.4) is 0 Å². The van der Waals surface area contributed by atoms with Crippen LogP contribution in [-0.2, 0) is 0 Å². The molecule has 1 aliphatic heterocycles. The largest absolute Gasteiger partial charge is 0.355 e. The van der Waals surface area contributed by atoms with Gasteiger partial charge in [-0.05, 0) is 55.0 Å². The van der Waals surface area contributed by atoms with E-state index in [2.05, 4.69) is 39.5 Å². The predicted molar refractivity (Wildman–Crippen MR) is 106 cm³/mol. The summed E-state index contributed by atoms with van der Waals surface area (Å²) in [5.74, 6) is 1.03. The second-order valence-corrected chi connectivity index (χ2v) is 7.48. The lowest BCUT2D eigenvalue weighted by molar-refractivity contribution is 0.570. The number of fused-ring (bicyclic) bond motifs is 1. The van der Waals surface area contributed by atoms with Crippen molar-refractivity contribution in [2.45, 2.75) is 19.3 Å². The van der Waals surface area contributed by atoms with Gasteiger partial charge in [0, 0.05) is 31.0 Å². The van der Waals surface area contributed by atoms with Crippen molar-refractivity contribution in [2.75, 3.05) is 18.0 Å². The van der Waals surface area contributed by atoms with Gasteiger partial charge in [-0.3, -0.25) is 4.98 Å². The lowest BCUT2D eigenvalue weighted by Crippen LogP contribution is -2.30. The molecule has 5 rings (SSSR count). The third-order valence-corrected chi connectivity index (χ3v) is 5.73. The quantitative estimate of drug-likeness (QED) is 0.539. The Morgan fingerprint density at radius 3 is 2.54 bits per heavy atom. The molecule has 0 radical (unpaired) electrons. The van der Waals surface area contributed by atoms with Crippen LogP contribution in [0.2, 0.25) is 0 Å². The van der Waals surface area contributed by atoms with E-state index in [1.54, 1.807) is 11.3 Å². The second kappa shape index (κ2) is 6.53. The van der Waals surface area contributed by atoms with E-state index in [1.165, 1.54) is 19.3 Å². The summed E-state index contributed by atoms with van der Waals surface area (Å²) in [7, 11) is 0. The van der Waals surface area contributed by atoms with E-state index in [-0.39, 0.29) is 0 Å². The smallest absolute Gasteiger partial charge is 0.155 e. The van der Waals surface area contributed by atoms with Crippen LogP contribution in [0.25, 0.3) is 27.5 Å². The van der Waals surface area contributed by atoms with Gasteiger partial charge in [-0.15, -0.1) is 16.4 Å². The molecular formula is C20H19N5S. The number of anilines is 1. The third kappa shape index (κ3) is 2.66. The Morgan fingerprint density at radius 2 is 1.77 bits per heavy atom. The maximum atomic E-state index is 4.97. The predicted octanol–water partition coefficient (Wildman–Crippen LogP) is 4.51. The number of nitrogens with zero attached hydrogens (tertiary/aromatic N) is 5. The molecule has 130 valence electrons. The molecule has 4 aromatic heterocycles. The number of thiophene rings is 1. The molecule has 0 aliphatic carbocycles. The van der Waals surface area contributed by atoms with Gasteiger partial charge in [0.25, 0.3) is 0 Å². The van der Waals surface area contributed by atoms with Crippen molar-refractivity contribution in [3.63, 3.8) is 0 Å². The second-order valence-electron chi connectivity index (χ2n) is 6.53. The monoisotopic (exact) mass is 361 g/mol. The van der Waals surface area contributed by atoms with Crippen LogP contribution in [-0.4, -0.2) is 32.7 Å². The van der Waals surface area contributed by atoms with E-state index < -0.39 is 0 Å². The van der Waals surface area contributed by atoms with Crippen molar-refractivity contribution in [3.8, 4) is 21.8 Å². The molecule has 1 saturated heterocycles. The molecule has 0 atom stereocenters. The maximum Gasteiger partial charge on any atom is 0.155 e. The fraction of sp³-hybridized carbons (Fsp3) is 0.250. The normalized spacial score (nSPS) is 14.8. The number of piperidine rings is 1. The highest BCUT2D eigenvalue weighted by Crippen LogP contribution is 2.35. The molecule has 1 aliphatic rings. The third-order valence-electron chi connectivity index (χ3n) is 4.85. The number of aromatic nitrogens is 4. The molecule has 0 spiro atoms. The van der Waals surface area contributed by atoms with Crippen molar-refractivity contribution >= 4 is 22.8 Å². The highest BCUT2D eigenvalue weighted by molar-refractivity contribution is 7.13. The zero-order valence-electron chi connectivity index (χ0n) is 14.4. The molecule has 6 heteroatoms. The summed E-state index contributed by atoms with van der Waals surface area (Å²) in [5.41, 5.74) is 3.97. The van der Waals surface area contributed by atoms with Gasteiger partial charge in [-0.2, -0.15) is 0 Å². The number of pyridine rings is 1. The summed E-state index contributed by atoms with van der Waals surface area (Å²) < 4.78 is 1.99. The lowest BCUT2D eigenvalue weighted by atomic mass is 10.1. The van der Waals surface area contributed by atoms with Gasteiger partial charge < -0.3 is 4.90 Å². The Morgan fingerprint density at radius 1 is 0.923 bits per heavy atom. The topological polar surface area (TPSA) is 46.3 Å². The van der Waals surface area contributed by atoms with Crippen LogP contribution < -0.4 is 4.90 Å². The number of imidazole rings is 1. The van der Waals surface area contributed by atoms with Crippen LogP contribution >= 0.6 is 11.3 Å². The zero-order chi connectivity index (χ0) is 17.3. The van der Waals surface area contributed by atoms with Crippen molar-refractivity contribution in [2.24, 2.45) is 0 Å².